The molecule has 0 saturated carbocycles. The third-order valence-electron chi connectivity index (χ3n) is 6.32. The minimum atomic E-state index is -1.90. The molecule has 0 radical (unpaired) electrons. The number of amides is 1. The van der Waals surface area contributed by atoms with Gasteiger partial charge in [-0.1, -0.05) is 27.7 Å². The van der Waals surface area contributed by atoms with Crippen LogP contribution in [-0.2, 0) is 23.3 Å². The average Bonchev–Trinajstić information content (AvgIpc) is 2.92. The van der Waals surface area contributed by atoms with Crippen LogP contribution in [0, 0.1) is 11.8 Å². The molecule has 0 spiro atoms. The Hall–Kier alpha value is -1.44. The average molecular weight is 431 g/mol. The molecule has 5 atom stereocenters. The fourth-order valence-corrected chi connectivity index (χ4v) is 7.52. The molecule has 0 aliphatic carbocycles. The van der Waals surface area contributed by atoms with Crippen molar-refractivity contribution in [3.05, 3.63) is 11.3 Å². The molecule has 2 aliphatic heterocycles. The lowest BCUT2D eigenvalue weighted by Crippen LogP contribution is -2.65. The van der Waals surface area contributed by atoms with Crippen molar-refractivity contribution in [3.63, 3.8) is 0 Å². The topological polar surface area (TPSA) is 102 Å². The summed E-state index contributed by atoms with van der Waals surface area (Å²) in [6, 6.07) is 2.69. The van der Waals surface area contributed by atoms with Crippen molar-refractivity contribution in [2.75, 3.05) is 6.61 Å². The van der Waals surface area contributed by atoms with Crippen LogP contribution in [0.15, 0.2) is 11.3 Å². The highest BCUT2D eigenvalue weighted by molar-refractivity contribution is 7.10. The van der Waals surface area contributed by atoms with E-state index in [-0.39, 0.29) is 42.2 Å². The van der Waals surface area contributed by atoms with Crippen LogP contribution in [0.2, 0.25) is 18.1 Å². The molecular weight excluding hydrogens is 401 g/mol. The van der Waals surface area contributed by atoms with Gasteiger partial charge in [-0.2, -0.15) is 0 Å². The molecule has 1 fully saturated rings. The molecule has 2 aliphatic rings. The van der Waals surface area contributed by atoms with E-state index in [1.54, 1.807) is 0 Å². The third-order valence-corrected chi connectivity index (χ3v) is 11.3. The van der Waals surface area contributed by atoms with Crippen LogP contribution in [0.4, 0.5) is 4.79 Å². The molecule has 8 nitrogen and oxygen atoms in total. The molecule has 0 aromatic carbocycles. The van der Waals surface area contributed by atoms with Gasteiger partial charge in [0.1, 0.15) is 12.3 Å². The lowest BCUT2D eigenvalue weighted by molar-refractivity contribution is -0.161. The molecule has 1 N–H and O–H groups in total. The summed E-state index contributed by atoms with van der Waals surface area (Å²) in [5.74, 6) is -1.48. The van der Waals surface area contributed by atoms with Gasteiger partial charge in [-0.25, -0.2) is 9.59 Å². The number of fused-ring (bicyclic) bond motifs is 1. The summed E-state index contributed by atoms with van der Waals surface area (Å²) < 4.78 is 15.9. The van der Waals surface area contributed by atoms with Crippen molar-refractivity contribution in [1.29, 1.82) is 0 Å². The van der Waals surface area contributed by atoms with Crippen molar-refractivity contribution < 1.29 is 33.2 Å². The lowest BCUT2D eigenvalue weighted by Gasteiger charge is -2.49. The number of hydrogen-bond donors (Lipinski definition) is 1. The number of hydrogen-bond acceptors (Lipinski definition) is 6. The molecule has 1 amide bonds. The standard InChI is InChI=1S/C18H30NO7PSi/c1-6-28(7-2,8-3)26-11(5)13-14-10(4)12(9-24-18(22)23)15(17(21)25-27)19(14)16(13)20/h10-11,13-14H,6-9,27H2,1-5H3,(H,22,23)/t10-,11+,13+,14+/m0/s1. The zero-order valence-corrected chi connectivity index (χ0v) is 19.2. The minimum absolute atomic E-state index is 0.0900. The van der Waals surface area contributed by atoms with Crippen molar-refractivity contribution in [2.24, 2.45) is 11.8 Å². The minimum Gasteiger partial charge on any atom is -0.450 e. The third kappa shape index (κ3) is 3.84. The Bertz CT molecular complexity index is 671. The van der Waals surface area contributed by atoms with Gasteiger partial charge in [-0.15, -0.1) is 0 Å². The lowest BCUT2D eigenvalue weighted by atomic mass is 9.78. The van der Waals surface area contributed by atoms with E-state index in [1.165, 1.54) is 4.90 Å². The van der Waals surface area contributed by atoms with E-state index in [9.17, 15) is 14.4 Å². The van der Waals surface area contributed by atoms with Gasteiger partial charge in [0.05, 0.1) is 27.5 Å². The Balaban J connectivity index is 2.27. The molecule has 2 heterocycles. The fourth-order valence-electron chi connectivity index (χ4n) is 4.47. The highest BCUT2D eigenvalue weighted by Crippen LogP contribution is 2.48. The Morgan fingerprint density at radius 1 is 1.25 bits per heavy atom. The molecule has 1 saturated heterocycles. The van der Waals surface area contributed by atoms with Gasteiger partial charge in [-0.3, -0.25) is 4.79 Å². The van der Waals surface area contributed by atoms with E-state index in [2.05, 4.69) is 20.8 Å². The number of nitrogens with zero attached hydrogens (tertiary/aromatic N) is 1. The van der Waals surface area contributed by atoms with E-state index in [0.717, 1.165) is 18.1 Å². The SMILES string of the molecule is CC[Si](CC)(CC)O[C@H](C)[C@H]1C(=O)N2C(C(=O)OP)=C(COC(=O)O)[C@H](C)[C@H]12. The molecule has 28 heavy (non-hydrogen) atoms. The van der Waals surface area contributed by atoms with E-state index < -0.39 is 20.4 Å². The molecule has 0 aromatic heterocycles. The van der Waals surface area contributed by atoms with Crippen LogP contribution in [0.3, 0.4) is 0 Å². The second-order valence-corrected chi connectivity index (χ2v) is 12.4. The first kappa shape index (κ1) is 22.8. The first-order chi connectivity index (χ1) is 13.2. The summed E-state index contributed by atoms with van der Waals surface area (Å²) in [7, 11) is -0.0277. The van der Waals surface area contributed by atoms with Gasteiger partial charge in [0.15, 0.2) is 8.32 Å². The number of rotatable bonds is 9. The monoisotopic (exact) mass is 431 g/mol. The quantitative estimate of drug-likeness (QED) is 0.259. The Labute approximate surface area is 169 Å². The van der Waals surface area contributed by atoms with E-state index in [4.69, 9.17) is 18.8 Å². The molecule has 10 heteroatoms. The highest BCUT2D eigenvalue weighted by atomic mass is 31.0. The number of carbonyl (C=O) groups is 3. The largest absolute Gasteiger partial charge is 0.506 e. The van der Waals surface area contributed by atoms with E-state index >= 15 is 0 Å². The summed E-state index contributed by atoms with van der Waals surface area (Å²) in [6.07, 6.45) is -1.70. The summed E-state index contributed by atoms with van der Waals surface area (Å²) in [5, 5.41) is 8.83. The molecule has 2 rings (SSSR count). The van der Waals surface area contributed by atoms with Crippen molar-refractivity contribution in [2.45, 2.75) is 64.9 Å². The van der Waals surface area contributed by atoms with Crippen LogP contribution in [-0.4, -0.2) is 55.1 Å². The fraction of sp³-hybridized carbons (Fsp3) is 0.722. The maximum absolute atomic E-state index is 13.0. The number of carbonyl (C=O) groups excluding carboxylic acids is 2. The van der Waals surface area contributed by atoms with Gasteiger partial charge in [0.25, 0.3) is 0 Å². The highest BCUT2D eigenvalue weighted by Gasteiger charge is 2.61. The zero-order chi connectivity index (χ0) is 21.2. The van der Waals surface area contributed by atoms with Crippen LogP contribution < -0.4 is 0 Å². The maximum Gasteiger partial charge on any atom is 0.506 e. The van der Waals surface area contributed by atoms with Crippen LogP contribution in [0.1, 0.15) is 34.6 Å². The maximum atomic E-state index is 13.0. The first-order valence-electron chi connectivity index (χ1n) is 9.68. The number of carboxylic acid groups (broad SMARTS) is 1. The summed E-state index contributed by atoms with van der Waals surface area (Å²) in [6.45, 7) is 9.93. The number of ether oxygens (including phenoxy) is 1. The van der Waals surface area contributed by atoms with E-state index in [1.807, 2.05) is 23.3 Å². The predicted molar refractivity (Wildman–Crippen MR) is 108 cm³/mol. The summed E-state index contributed by atoms with van der Waals surface area (Å²) in [4.78, 5) is 37.5. The Morgan fingerprint density at radius 3 is 2.29 bits per heavy atom. The predicted octanol–water partition coefficient (Wildman–Crippen LogP) is 3.16. The summed E-state index contributed by atoms with van der Waals surface area (Å²) >= 11 is 0. The van der Waals surface area contributed by atoms with Crippen molar-refractivity contribution in [3.8, 4) is 0 Å². The molecule has 0 aromatic rings. The van der Waals surface area contributed by atoms with Gasteiger partial charge < -0.3 is 23.7 Å². The van der Waals surface area contributed by atoms with Gasteiger partial charge >= 0.3 is 12.1 Å². The first-order valence-corrected chi connectivity index (χ1v) is 12.7. The smallest absolute Gasteiger partial charge is 0.450 e. The van der Waals surface area contributed by atoms with Crippen LogP contribution >= 0.6 is 9.47 Å². The van der Waals surface area contributed by atoms with Gasteiger partial charge in [0.2, 0.25) is 5.91 Å². The van der Waals surface area contributed by atoms with Crippen LogP contribution in [0.5, 0.6) is 0 Å². The molecular formula is C18H30NO7PSi. The number of β-lactam (4-membered cyclic amide) rings is 1. The van der Waals surface area contributed by atoms with Crippen molar-refractivity contribution in [1.82, 2.24) is 4.90 Å². The van der Waals surface area contributed by atoms with Crippen molar-refractivity contribution >= 4 is 35.8 Å². The normalized spacial score (nSPS) is 25.3. The Kier molecular flexibility index (Phi) is 7.28. The van der Waals surface area contributed by atoms with Gasteiger partial charge in [0, 0.05) is 11.5 Å². The summed E-state index contributed by atoms with van der Waals surface area (Å²) in [5.41, 5.74) is 0.556. The zero-order valence-electron chi connectivity index (χ0n) is 17.1. The van der Waals surface area contributed by atoms with E-state index in [0.29, 0.717) is 5.57 Å². The molecule has 158 valence electrons. The Morgan fingerprint density at radius 2 is 1.82 bits per heavy atom. The molecule has 1 unspecified atom stereocenters. The second-order valence-electron chi connectivity index (χ2n) is 7.41. The van der Waals surface area contributed by atoms with Crippen LogP contribution in [0.25, 0.3) is 0 Å². The molecule has 0 bridgehead atoms. The second kappa shape index (κ2) is 8.92. The van der Waals surface area contributed by atoms with Gasteiger partial charge in [-0.05, 0) is 25.1 Å².